The van der Waals surface area contributed by atoms with E-state index in [1.54, 1.807) is 0 Å². The van der Waals surface area contributed by atoms with E-state index < -0.39 is 12.0 Å². The number of para-hydroxylation sites is 1. The van der Waals surface area contributed by atoms with Crippen LogP contribution in [0.25, 0.3) is 0 Å². The maximum atomic E-state index is 10.8. The molecule has 0 saturated carbocycles. The minimum Gasteiger partial charge on any atom is -0.491 e. The summed E-state index contributed by atoms with van der Waals surface area (Å²) in [7, 11) is 0. The second-order valence-electron chi connectivity index (χ2n) is 4.70. The largest absolute Gasteiger partial charge is 0.491 e. The van der Waals surface area contributed by atoms with Crippen LogP contribution in [0.5, 0.6) is 5.75 Å². The zero-order valence-electron chi connectivity index (χ0n) is 10.7. The number of ether oxygens (including phenoxy) is 2. The lowest BCUT2D eigenvalue weighted by Crippen LogP contribution is -2.32. The number of nitrogens with two attached hydrogens (primary N) is 1. The van der Waals surface area contributed by atoms with Crippen molar-refractivity contribution < 1.29 is 19.4 Å². The predicted octanol–water partition coefficient (Wildman–Crippen LogP) is 1.20. The SMILES string of the molecule is NC(Cc1ccccc1OCC1CCCO1)C(=O)O. The van der Waals surface area contributed by atoms with Gasteiger partial charge in [0.25, 0.3) is 0 Å². The van der Waals surface area contributed by atoms with Crippen LogP contribution in [-0.2, 0) is 16.0 Å². The summed E-state index contributed by atoms with van der Waals surface area (Å²) in [5.74, 6) is -0.316. The van der Waals surface area contributed by atoms with E-state index in [2.05, 4.69) is 0 Å². The Kier molecular flexibility index (Phi) is 4.76. The summed E-state index contributed by atoms with van der Waals surface area (Å²) in [5, 5.41) is 8.85. The van der Waals surface area contributed by atoms with Crippen LogP contribution in [-0.4, -0.2) is 36.4 Å². The van der Waals surface area contributed by atoms with Crippen molar-refractivity contribution >= 4 is 5.97 Å². The van der Waals surface area contributed by atoms with Gasteiger partial charge < -0.3 is 20.3 Å². The molecule has 2 rings (SSSR count). The number of carboxylic acid groups (broad SMARTS) is 1. The van der Waals surface area contributed by atoms with Crippen molar-refractivity contribution in [1.29, 1.82) is 0 Å². The van der Waals surface area contributed by atoms with Crippen LogP contribution >= 0.6 is 0 Å². The lowest BCUT2D eigenvalue weighted by atomic mass is 10.1. The van der Waals surface area contributed by atoms with Gasteiger partial charge in [-0.15, -0.1) is 0 Å². The molecule has 0 aliphatic carbocycles. The number of carbonyl (C=O) groups is 1. The number of rotatable bonds is 6. The molecule has 0 spiro atoms. The summed E-state index contributed by atoms with van der Waals surface area (Å²) in [5.41, 5.74) is 6.37. The van der Waals surface area contributed by atoms with Crippen LogP contribution < -0.4 is 10.5 Å². The van der Waals surface area contributed by atoms with Crippen molar-refractivity contribution in [3.63, 3.8) is 0 Å². The minimum absolute atomic E-state index is 0.140. The van der Waals surface area contributed by atoms with Gasteiger partial charge in [-0.1, -0.05) is 18.2 Å². The number of benzene rings is 1. The van der Waals surface area contributed by atoms with Crippen molar-refractivity contribution in [2.24, 2.45) is 5.73 Å². The quantitative estimate of drug-likeness (QED) is 0.807. The van der Waals surface area contributed by atoms with Crippen LogP contribution in [0.3, 0.4) is 0 Å². The molecule has 0 radical (unpaired) electrons. The van der Waals surface area contributed by atoms with Crippen LogP contribution in [0, 0.1) is 0 Å². The molecule has 1 fully saturated rings. The molecule has 5 heteroatoms. The zero-order chi connectivity index (χ0) is 13.7. The maximum Gasteiger partial charge on any atom is 0.320 e. The third-order valence-corrected chi connectivity index (χ3v) is 3.18. The van der Waals surface area contributed by atoms with Crippen molar-refractivity contribution in [2.75, 3.05) is 13.2 Å². The molecule has 0 bridgehead atoms. The third-order valence-electron chi connectivity index (χ3n) is 3.18. The Balaban J connectivity index is 1.96. The topological polar surface area (TPSA) is 81.8 Å². The molecular weight excluding hydrogens is 246 g/mol. The fourth-order valence-electron chi connectivity index (χ4n) is 2.10. The summed E-state index contributed by atoms with van der Waals surface area (Å²) >= 11 is 0. The molecule has 0 amide bonds. The minimum atomic E-state index is -1.01. The van der Waals surface area contributed by atoms with Gasteiger partial charge >= 0.3 is 5.97 Å². The van der Waals surface area contributed by atoms with Gasteiger partial charge in [0, 0.05) is 13.0 Å². The number of carboxylic acids is 1. The van der Waals surface area contributed by atoms with Gasteiger partial charge in [0.2, 0.25) is 0 Å². The Bertz CT molecular complexity index is 429. The first kappa shape index (κ1) is 13.8. The fraction of sp³-hybridized carbons (Fsp3) is 0.500. The van der Waals surface area contributed by atoms with Crippen LogP contribution in [0.15, 0.2) is 24.3 Å². The first-order chi connectivity index (χ1) is 9.16. The molecule has 2 unspecified atom stereocenters. The average Bonchev–Trinajstić information content (AvgIpc) is 2.90. The van der Waals surface area contributed by atoms with E-state index >= 15 is 0 Å². The predicted molar refractivity (Wildman–Crippen MR) is 70.2 cm³/mol. The lowest BCUT2D eigenvalue weighted by Gasteiger charge is -2.15. The van der Waals surface area contributed by atoms with E-state index in [1.807, 2.05) is 24.3 Å². The van der Waals surface area contributed by atoms with Crippen molar-refractivity contribution in [3.05, 3.63) is 29.8 Å². The number of hydrogen-bond donors (Lipinski definition) is 2. The molecular formula is C14H19NO4. The molecule has 1 saturated heterocycles. The van der Waals surface area contributed by atoms with Gasteiger partial charge in [0.05, 0.1) is 6.10 Å². The highest BCUT2D eigenvalue weighted by atomic mass is 16.5. The van der Waals surface area contributed by atoms with Crippen LogP contribution in [0.1, 0.15) is 18.4 Å². The molecule has 0 aromatic heterocycles. The van der Waals surface area contributed by atoms with Crippen molar-refractivity contribution in [1.82, 2.24) is 0 Å². The number of hydrogen-bond acceptors (Lipinski definition) is 4. The second kappa shape index (κ2) is 6.54. The normalized spacial score (nSPS) is 20.2. The standard InChI is InChI=1S/C14H19NO4/c15-12(14(16)17)8-10-4-1-2-6-13(10)19-9-11-5-3-7-18-11/h1-2,4,6,11-12H,3,5,7-9,15H2,(H,16,17). The Morgan fingerprint density at radius 1 is 1.53 bits per heavy atom. The molecule has 19 heavy (non-hydrogen) atoms. The van der Waals surface area contributed by atoms with Crippen LogP contribution in [0.4, 0.5) is 0 Å². The molecule has 5 nitrogen and oxygen atoms in total. The highest BCUT2D eigenvalue weighted by molar-refractivity contribution is 5.73. The summed E-state index contributed by atoms with van der Waals surface area (Å²) in [6, 6.07) is 6.48. The van der Waals surface area contributed by atoms with Crippen LogP contribution in [0.2, 0.25) is 0 Å². The molecule has 1 aromatic rings. The van der Waals surface area contributed by atoms with Gasteiger partial charge in [-0.05, 0) is 24.5 Å². The van der Waals surface area contributed by atoms with Crippen molar-refractivity contribution in [3.8, 4) is 5.75 Å². The Morgan fingerprint density at radius 2 is 2.32 bits per heavy atom. The van der Waals surface area contributed by atoms with Gasteiger partial charge in [0.1, 0.15) is 18.4 Å². The third kappa shape index (κ3) is 3.94. The zero-order valence-corrected chi connectivity index (χ0v) is 10.7. The summed E-state index contributed by atoms with van der Waals surface area (Å²) in [6.07, 6.45) is 2.48. The highest BCUT2D eigenvalue weighted by Crippen LogP contribution is 2.21. The Labute approximate surface area is 112 Å². The van der Waals surface area contributed by atoms with Gasteiger partial charge in [0.15, 0.2) is 0 Å². The molecule has 1 aliphatic rings. The summed E-state index contributed by atoms with van der Waals surface area (Å²) in [4.78, 5) is 10.8. The smallest absolute Gasteiger partial charge is 0.320 e. The van der Waals surface area contributed by atoms with E-state index in [-0.39, 0.29) is 12.5 Å². The monoisotopic (exact) mass is 265 g/mol. The molecule has 1 aromatic carbocycles. The Hall–Kier alpha value is -1.59. The molecule has 3 N–H and O–H groups in total. The van der Waals surface area contributed by atoms with Gasteiger partial charge in [-0.3, -0.25) is 4.79 Å². The number of aliphatic carboxylic acids is 1. The van der Waals surface area contributed by atoms with E-state index in [0.29, 0.717) is 12.4 Å². The van der Waals surface area contributed by atoms with E-state index in [1.165, 1.54) is 0 Å². The first-order valence-corrected chi connectivity index (χ1v) is 6.47. The molecule has 1 heterocycles. The highest BCUT2D eigenvalue weighted by Gasteiger charge is 2.18. The van der Waals surface area contributed by atoms with Gasteiger partial charge in [-0.2, -0.15) is 0 Å². The van der Waals surface area contributed by atoms with Crippen molar-refractivity contribution in [2.45, 2.75) is 31.4 Å². The summed E-state index contributed by atoms with van der Waals surface area (Å²) in [6.45, 7) is 1.29. The fourth-order valence-corrected chi connectivity index (χ4v) is 2.10. The van der Waals surface area contributed by atoms with E-state index in [4.69, 9.17) is 20.3 Å². The second-order valence-corrected chi connectivity index (χ2v) is 4.70. The van der Waals surface area contributed by atoms with Gasteiger partial charge in [-0.25, -0.2) is 0 Å². The van der Waals surface area contributed by atoms with E-state index in [0.717, 1.165) is 25.0 Å². The lowest BCUT2D eigenvalue weighted by molar-refractivity contribution is -0.138. The molecule has 2 atom stereocenters. The Morgan fingerprint density at radius 3 is 3.00 bits per heavy atom. The first-order valence-electron chi connectivity index (χ1n) is 6.47. The average molecular weight is 265 g/mol. The summed E-state index contributed by atoms with van der Waals surface area (Å²) < 4.78 is 11.2. The molecule has 104 valence electrons. The molecule has 1 aliphatic heterocycles. The maximum absolute atomic E-state index is 10.8. The van der Waals surface area contributed by atoms with E-state index in [9.17, 15) is 4.79 Å².